The Morgan fingerprint density at radius 2 is 1.83 bits per heavy atom. The third-order valence-corrected chi connectivity index (χ3v) is 7.61. The van der Waals surface area contributed by atoms with Crippen LogP contribution in [-0.4, -0.2) is 45.3 Å². The molecular formula is C27H29BrN4O3S. The summed E-state index contributed by atoms with van der Waals surface area (Å²) >= 11 is 4.94. The van der Waals surface area contributed by atoms with Gasteiger partial charge in [-0.1, -0.05) is 29.5 Å². The normalized spacial score (nSPS) is 15.4. The number of esters is 1. The maximum absolute atomic E-state index is 13.7. The van der Waals surface area contributed by atoms with Gasteiger partial charge in [0, 0.05) is 38.4 Å². The molecule has 0 fully saturated rings. The number of ether oxygens (including phenoxy) is 1. The van der Waals surface area contributed by atoms with Gasteiger partial charge in [0.1, 0.15) is 0 Å². The predicted molar refractivity (Wildman–Crippen MR) is 150 cm³/mol. The molecular weight excluding hydrogens is 540 g/mol. The smallest absolute Gasteiger partial charge is 0.338 e. The van der Waals surface area contributed by atoms with Gasteiger partial charge in [-0.05, 0) is 71.2 Å². The zero-order valence-electron chi connectivity index (χ0n) is 21.2. The summed E-state index contributed by atoms with van der Waals surface area (Å²) in [7, 11) is 7.89. The van der Waals surface area contributed by atoms with E-state index in [0.29, 0.717) is 20.6 Å². The van der Waals surface area contributed by atoms with E-state index < -0.39 is 12.0 Å². The molecule has 3 aromatic rings. The van der Waals surface area contributed by atoms with E-state index in [0.717, 1.165) is 27.0 Å². The highest BCUT2D eigenvalue weighted by Crippen LogP contribution is 2.32. The van der Waals surface area contributed by atoms with Crippen LogP contribution in [0.3, 0.4) is 0 Å². The number of hydrogen-bond donors (Lipinski definition) is 0. The van der Waals surface area contributed by atoms with E-state index in [-0.39, 0.29) is 12.2 Å². The van der Waals surface area contributed by atoms with Gasteiger partial charge in [0.05, 0.1) is 34.1 Å². The van der Waals surface area contributed by atoms with Crippen molar-refractivity contribution >= 4 is 50.7 Å². The molecule has 0 bridgehead atoms. The Morgan fingerprint density at radius 3 is 2.42 bits per heavy atom. The molecule has 2 heterocycles. The Kier molecular flexibility index (Phi) is 7.51. The average Bonchev–Trinajstić information content (AvgIpc) is 3.12. The van der Waals surface area contributed by atoms with Crippen LogP contribution in [0.25, 0.3) is 6.08 Å². The maximum Gasteiger partial charge on any atom is 0.338 e. The van der Waals surface area contributed by atoms with E-state index in [1.54, 1.807) is 18.4 Å². The van der Waals surface area contributed by atoms with Crippen molar-refractivity contribution in [3.8, 4) is 0 Å². The molecule has 0 spiro atoms. The van der Waals surface area contributed by atoms with E-state index in [2.05, 4.69) is 20.9 Å². The lowest BCUT2D eigenvalue weighted by atomic mass is 9.95. The second-order valence-electron chi connectivity index (χ2n) is 8.89. The SMILES string of the molecule is CCOC(=O)C1=C(C)N=c2s/c(=C\c3ccc(N(C)C)c(Br)c3)c(=O)n2C1c1ccc(N(C)C)cc1. The van der Waals surface area contributed by atoms with Gasteiger partial charge in [0.2, 0.25) is 0 Å². The van der Waals surface area contributed by atoms with Crippen LogP contribution in [0.2, 0.25) is 0 Å². The minimum absolute atomic E-state index is 0.192. The number of rotatable bonds is 6. The van der Waals surface area contributed by atoms with E-state index in [4.69, 9.17) is 4.74 Å². The first-order valence-electron chi connectivity index (χ1n) is 11.6. The molecule has 0 aliphatic carbocycles. The number of carbonyl (C=O) groups excluding carboxylic acids is 1. The minimum Gasteiger partial charge on any atom is -0.463 e. The number of fused-ring (bicyclic) bond motifs is 1. The molecule has 1 atom stereocenters. The van der Waals surface area contributed by atoms with Gasteiger partial charge in [-0.3, -0.25) is 9.36 Å². The third-order valence-electron chi connectivity index (χ3n) is 5.99. The van der Waals surface area contributed by atoms with Crippen LogP contribution in [0.5, 0.6) is 0 Å². The molecule has 0 radical (unpaired) electrons. The van der Waals surface area contributed by atoms with E-state index in [1.165, 1.54) is 11.3 Å². The van der Waals surface area contributed by atoms with Crippen molar-refractivity contribution in [2.45, 2.75) is 19.9 Å². The first kappa shape index (κ1) is 25.9. The summed E-state index contributed by atoms with van der Waals surface area (Å²) in [5, 5.41) is 0. The van der Waals surface area contributed by atoms with E-state index in [9.17, 15) is 9.59 Å². The first-order chi connectivity index (χ1) is 17.1. The highest BCUT2D eigenvalue weighted by molar-refractivity contribution is 9.10. The van der Waals surface area contributed by atoms with Crippen LogP contribution in [-0.2, 0) is 9.53 Å². The second kappa shape index (κ2) is 10.4. The molecule has 1 aliphatic heterocycles. The zero-order chi connectivity index (χ0) is 26.1. The van der Waals surface area contributed by atoms with Gasteiger partial charge in [0.15, 0.2) is 4.80 Å². The summed E-state index contributed by atoms with van der Waals surface area (Å²) in [5.41, 5.74) is 4.53. The molecule has 1 aromatic heterocycles. The standard InChI is InChI=1S/C27H29BrN4O3S/c1-7-35-26(34)23-16(2)29-27-32(24(23)18-9-11-19(12-10-18)30(3)4)25(33)22(36-27)15-17-8-13-21(31(5)6)20(28)14-17/h8-15,24H,7H2,1-6H3/b22-15-. The van der Waals surface area contributed by atoms with Crippen LogP contribution in [0.15, 0.2) is 68.0 Å². The summed E-state index contributed by atoms with van der Waals surface area (Å²) in [4.78, 5) is 36.0. The Balaban J connectivity index is 1.90. The third kappa shape index (κ3) is 4.90. The number of halogens is 1. The predicted octanol–water partition coefficient (Wildman–Crippen LogP) is 3.69. The van der Waals surface area contributed by atoms with Crippen molar-refractivity contribution in [2.75, 3.05) is 44.6 Å². The van der Waals surface area contributed by atoms with Gasteiger partial charge in [0.25, 0.3) is 5.56 Å². The quantitative estimate of drug-likeness (QED) is 0.424. The van der Waals surface area contributed by atoms with Crippen molar-refractivity contribution in [1.82, 2.24) is 4.57 Å². The van der Waals surface area contributed by atoms with Crippen LogP contribution >= 0.6 is 27.3 Å². The number of carbonyl (C=O) groups is 1. The fraction of sp³-hybridized carbons (Fsp3) is 0.296. The monoisotopic (exact) mass is 568 g/mol. The summed E-state index contributed by atoms with van der Waals surface area (Å²) in [6.45, 7) is 3.80. The molecule has 188 valence electrons. The van der Waals surface area contributed by atoms with Gasteiger partial charge in [-0.25, -0.2) is 9.79 Å². The lowest BCUT2D eigenvalue weighted by Gasteiger charge is -2.25. The number of hydrogen-bond acceptors (Lipinski definition) is 7. The number of allylic oxidation sites excluding steroid dienone is 1. The molecule has 1 unspecified atom stereocenters. The Labute approximate surface area is 222 Å². The number of nitrogens with zero attached hydrogens (tertiary/aromatic N) is 4. The molecule has 0 saturated carbocycles. The van der Waals surface area contributed by atoms with Crippen LogP contribution in [0.1, 0.15) is 31.0 Å². The van der Waals surface area contributed by atoms with Crippen LogP contribution in [0, 0.1) is 0 Å². The molecule has 0 N–H and O–H groups in total. The van der Waals surface area contributed by atoms with Crippen molar-refractivity contribution in [3.05, 3.63) is 89.0 Å². The Morgan fingerprint density at radius 1 is 1.14 bits per heavy atom. The van der Waals surface area contributed by atoms with Gasteiger partial charge < -0.3 is 14.5 Å². The van der Waals surface area contributed by atoms with Crippen molar-refractivity contribution in [3.63, 3.8) is 0 Å². The van der Waals surface area contributed by atoms with E-state index >= 15 is 0 Å². The zero-order valence-corrected chi connectivity index (χ0v) is 23.6. The van der Waals surface area contributed by atoms with Crippen molar-refractivity contribution in [2.24, 2.45) is 4.99 Å². The van der Waals surface area contributed by atoms with Crippen LogP contribution < -0.4 is 24.7 Å². The molecule has 36 heavy (non-hydrogen) atoms. The number of aromatic nitrogens is 1. The highest BCUT2D eigenvalue weighted by atomic mass is 79.9. The molecule has 0 amide bonds. The summed E-state index contributed by atoms with van der Waals surface area (Å²) in [6.07, 6.45) is 1.86. The Bertz CT molecular complexity index is 1520. The minimum atomic E-state index is -0.624. The summed E-state index contributed by atoms with van der Waals surface area (Å²) in [5.74, 6) is -0.460. The topological polar surface area (TPSA) is 67.1 Å². The molecule has 7 nitrogen and oxygen atoms in total. The molecule has 2 aromatic carbocycles. The Hall–Kier alpha value is -3.17. The van der Waals surface area contributed by atoms with Gasteiger partial charge in [-0.15, -0.1) is 0 Å². The molecule has 4 rings (SSSR count). The van der Waals surface area contributed by atoms with Crippen LogP contribution in [0.4, 0.5) is 11.4 Å². The fourth-order valence-corrected chi connectivity index (χ4v) is 5.99. The summed E-state index contributed by atoms with van der Waals surface area (Å²) < 4.78 is 8.47. The second-order valence-corrected chi connectivity index (χ2v) is 10.8. The number of benzene rings is 2. The molecule has 0 saturated heterocycles. The first-order valence-corrected chi connectivity index (χ1v) is 13.2. The fourth-order valence-electron chi connectivity index (χ4n) is 4.19. The molecule has 9 heteroatoms. The van der Waals surface area contributed by atoms with Crippen molar-refractivity contribution in [1.29, 1.82) is 0 Å². The summed E-state index contributed by atoms with van der Waals surface area (Å²) in [6, 6.07) is 13.2. The highest BCUT2D eigenvalue weighted by Gasteiger charge is 2.33. The van der Waals surface area contributed by atoms with Gasteiger partial charge >= 0.3 is 5.97 Å². The van der Waals surface area contributed by atoms with E-state index in [1.807, 2.05) is 86.5 Å². The number of anilines is 2. The molecule has 1 aliphatic rings. The lowest BCUT2D eigenvalue weighted by molar-refractivity contribution is -0.139. The average molecular weight is 570 g/mol. The van der Waals surface area contributed by atoms with Crippen molar-refractivity contribution < 1.29 is 9.53 Å². The maximum atomic E-state index is 13.7. The van der Waals surface area contributed by atoms with Gasteiger partial charge in [-0.2, -0.15) is 0 Å². The lowest BCUT2D eigenvalue weighted by Crippen LogP contribution is -2.39. The number of thiazole rings is 1. The largest absolute Gasteiger partial charge is 0.463 e.